The van der Waals surface area contributed by atoms with Gasteiger partial charge in [0.2, 0.25) is 0 Å². The van der Waals surface area contributed by atoms with Gasteiger partial charge in [0.15, 0.2) is 0 Å². The lowest BCUT2D eigenvalue weighted by molar-refractivity contribution is -0.929. The maximum Gasteiger partial charge on any atom is 0.0786 e. The third kappa shape index (κ3) is 16.8. The van der Waals surface area contributed by atoms with Crippen LogP contribution in [0.4, 0.5) is 0 Å². The molecule has 0 aromatic heterocycles. The van der Waals surface area contributed by atoms with E-state index < -0.39 is 0 Å². The minimum atomic E-state index is 0. The van der Waals surface area contributed by atoms with Gasteiger partial charge in [0.1, 0.15) is 0 Å². The number of halogens is 1. The molecule has 0 aliphatic carbocycles. The second-order valence-electron chi connectivity index (χ2n) is 5.97. The van der Waals surface area contributed by atoms with Crippen LogP contribution >= 0.6 is 0 Å². The van der Waals surface area contributed by atoms with Crippen LogP contribution in [0.15, 0.2) is 0 Å². The first-order valence-corrected chi connectivity index (χ1v) is 9.12. The molecular weight excluding hydrogens is 373 g/mol. The van der Waals surface area contributed by atoms with Gasteiger partial charge in [0, 0.05) is 6.61 Å². The molecule has 2 nitrogen and oxygen atoms in total. The molecule has 0 aliphatic heterocycles. The maximum absolute atomic E-state index is 7.57. The van der Waals surface area contributed by atoms with Crippen molar-refractivity contribution in [1.29, 1.82) is 0 Å². The Morgan fingerprint density at radius 3 is 0.905 bits per heavy atom. The number of quaternary nitrogens is 1. The topological polar surface area (TPSA) is 20.2 Å². The van der Waals surface area contributed by atoms with Crippen LogP contribution in [0.3, 0.4) is 0 Å². The van der Waals surface area contributed by atoms with Gasteiger partial charge in [0.25, 0.3) is 0 Å². The van der Waals surface area contributed by atoms with Gasteiger partial charge in [-0.2, -0.15) is 0 Å². The van der Waals surface area contributed by atoms with Crippen molar-refractivity contribution < 1.29 is 33.6 Å². The third-order valence-corrected chi connectivity index (χ3v) is 3.94. The molecule has 0 amide bonds. The van der Waals surface area contributed by atoms with Crippen molar-refractivity contribution in [1.82, 2.24) is 0 Å². The van der Waals surface area contributed by atoms with Crippen LogP contribution < -0.4 is 24.0 Å². The van der Waals surface area contributed by atoms with Crippen LogP contribution in [0.2, 0.25) is 0 Å². The molecule has 21 heavy (non-hydrogen) atoms. The highest BCUT2D eigenvalue weighted by molar-refractivity contribution is 4.49. The first-order valence-electron chi connectivity index (χ1n) is 9.12. The molecule has 0 spiro atoms. The standard InChI is InChI=1S/C16H36N.C2H6O.HI/c1-5-9-13-17(14-10-6-2,15-11-7-3)16-12-8-4;1-2-3;/h5-16H2,1-4H3;3H,2H2,1H3;1H/q+1;;/p-1. The molecule has 0 aromatic rings. The van der Waals surface area contributed by atoms with E-state index in [-0.39, 0.29) is 30.6 Å². The number of nitrogens with zero attached hydrogens (tertiary/aromatic N) is 1. The fraction of sp³-hybridized carbons (Fsp3) is 1.00. The molecule has 0 atom stereocenters. The average Bonchev–Trinajstić information content (AvgIpc) is 2.46. The molecule has 0 aliphatic rings. The normalized spacial score (nSPS) is 10.6. The summed E-state index contributed by atoms with van der Waals surface area (Å²) in [5.41, 5.74) is 0. The molecule has 0 saturated carbocycles. The van der Waals surface area contributed by atoms with E-state index in [4.69, 9.17) is 5.11 Å². The molecule has 0 unspecified atom stereocenters. The lowest BCUT2D eigenvalue weighted by atomic mass is 10.1. The monoisotopic (exact) mass is 415 g/mol. The van der Waals surface area contributed by atoms with Crippen LogP contribution in [0.1, 0.15) is 86.0 Å². The van der Waals surface area contributed by atoms with Gasteiger partial charge in [-0.25, -0.2) is 0 Å². The highest BCUT2D eigenvalue weighted by atomic mass is 127. The van der Waals surface area contributed by atoms with Crippen molar-refractivity contribution in [3.05, 3.63) is 0 Å². The van der Waals surface area contributed by atoms with E-state index in [1.54, 1.807) is 6.92 Å². The quantitative estimate of drug-likeness (QED) is 0.382. The van der Waals surface area contributed by atoms with Gasteiger partial charge >= 0.3 is 0 Å². The van der Waals surface area contributed by atoms with Crippen molar-refractivity contribution in [3.8, 4) is 0 Å². The third-order valence-electron chi connectivity index (χ3n) is 3.94. The number of aliphatic hydroxyl groups is 1. The number of aliphatic hydroxyl groups excluding tert-OH is 1. The lowest BCUT2D eigenvalue weighted by Gasteiger charge is -2.39. The summed E-state index contributed by atoms with van der Waals surface area (Å²) in [5.74, 6) is 0. The second kappa shape index (κ2) is 20.6. The van der Waals surface area contributed by atoms with E-state index in [0.29, 0.717) is 0 Å². The van der Waals surface area contributed by atoms with Crippen LogP contribution in [-0.4, -0.2) is 42.4 Å². The predicted molar refractivity (Wildman–Crippen MR) is 92.1 cm³/mol. The first kappa shape index (κ1) is 26.5. The molecular formula is C18H42INO. The zero-order chi connectivity index (χ0) is 15.7. The average molecular weight is 415 g/mol. The van der Waals surface area contributed by atoms with Crippen LogP contribution in [0, 0.1) is 0 Å². The van der Waals surface area contributed by atoms with Gasteiger partial charge in [-0.15, -0.1) is 0 Å². The van der Waals surface area contributed by atoms with E-state index in [0.717, 1.165) is 0 Å². The minimum Gasteiger partial charge on any atom is -1.00 e. The summed E-state index contributed by atoms with van der Waals surface area (Å²) in [5, 5.41) is 7.57. The summed E-state index contributed by atoms with van der Waals surface area (Å²) in [7, 11) is 0. The molecule has 0 fully saturated rings. The minimum absolute atomic E-state index is 0. The van der Waals surface area contributed by atoms with E-state index in [1.807, 2.05) is 0 Å². The Morgan fingerprint density at radius 1 is 0.571 bits per heavy atom. The summed E-state index contributed by atoms with van der Waals surface area (Å²) in [6.45, 7) is 16.9. The molecule has 0 saturated heterocycles. The Balaban J connectivity index is -0.000000740. The highest BCUT2D eigenvalue weighted by Gasteiger charge is 2.24. The summed E-state index contributed by atoms with van der Waals surface area (Å²) in [6, 6.07) is 0. The fourth-order valence-electron chi connectivity index (χ4n) is 2.64. The Kier molecular flexibility index (Phi) is 26.1. The molecule has 0 radical (unpaired) electrons. The summed E-state index contributed by atoms with van der Waals surface area (Å²) in [6.07, 6.45) is 11.1. The molecule has 3 heteroatoms. The number of unbranched alkanes of at least 4 members (excludes halogenated alkanes) is 4. The summed E-state index contributed by atoms with van der Waals surface area (Å²) < 4.78 is 1.42. The second-order valence-corrected chi connectivity index (χ2v) is 5.97. The van der Waals surface area contributed by atoms with Crippen molar-refractivity contribution in [3.63, 3.8) is 0 Å². The van der Waals surface area contributed by atoms with Gasteiger partial charge in [-0.3, -0.25) is 0 Å². The maximum atomic E-state index is 7.57. The molecule has 0 aromatic carbocycles. The van der Waals surface area contributed by atoms with E-state index in [9.17, 15) is 0 Å². The zero-order valence-corrected chi connectivity index (χ0v) is 17.6. The predicted octanol–water partition coefficient (Wildman–Crippen LogP) is 2.01. The van der Waals surface area contributed by atoms with E-state index >= 15 is 0 Å². The molecule has 0 rings (SSSR count). The van der Waals surface area contributed by atoms with Crippen LogP contribution in [0.25, 0.3) is 0 Å². The van der Waals surface area contributed by atoms with Gasteiger partial charge in [0.05, 0.1) is 26.2 Å². The van der Waals surface area contributed by atoms with Crippen molar-refractivity contribution in [2.45, 2.75) is 86.0 Å². The van der Waals surface area contributed by atoms with Crippen LogP contribution in [0.5, 0.6) is 0 Å². The van der Waals surface area contributed by atoms with Gasteiger partial charge in [-0.1, -0.05) is 53.4 Å². The Labute approximate surface area is 152 Å². The smallest absolute Gasteiger partial charge is 0.0786 e. The SMILES string of the molecule is CCCC[N+](CCCC)(CCCC)CCCC.CCO.[I-]. The zero-order valence-electron chi connectivity index (χ0n) is 15.5. The van der Waals surface area contributed by atoms with E-state index in [2.05, 4.69) is 27.7 Å². The molecule has 0 bridgehead atoms. The van der Waals surface area contributed by atoms with Gasteiger partial charge < -0.3 is 33.6 Å². The Morgan fingerprint density at radius 2 is 0.762 bits per heavy atom. The van der Waals surface area contributed by atoms with Crippen molar-refractivity contribution in [2.75, 3.05) is 32.8 Å². The van der Waals surface area contributed by atoms with E-state index in [1.165, 1.54) is 82.0 Å². The summed E-state index contributed by atoms with van der Waals surface area (Å²) >= 11 is 0. The van der Waals surface area contributed by atoms with Crippen molar-refractivity contribution >= 4 is 0 Å². The number of rotatable bonds is 12. The van der Waals surface area contributed by atoms with Crippen LogP contribution in [-0.2, 0) is 0 Å². The van der Waals surface area contributed by atoms with Crippen molar-refractivity contribution in [2.24, 2.45) is 0 Å². The molecule has 132 valence electrons. The summed E-state index contributed by atoms with van der Waals surface area (Å²) in [4.78, 5) is 0. The van der Waals surface area contributed by atoms with Gasteiger partial charge in [-0.05, 0) is 32.6 Å². The number of hydrogen-bond donors (Lipinski definition) is 1. The largest absolute Gasteiger partial charge is 1.00 e. The molecule has 1 N–H and O–H groups in total. The Hall–Kier alpha value is 0.650. The highest BCUT2D eigenvalue weighted by Crippen LogP contribution is 2.16. The molecule has 0 heterocycles. The lowest BCUT2D eigenvalue weighted by Crippen LogP contribution is -3.00. The number of hydrogen-bond acceptors (Lipinski definition) is 1. The fourth-order valence-corrected chi connectivity index (χ4v) is 2.64. The first-order chi connectivity index (χ1) is 9.66. The Bertz CT molecular complexity index is 139.